The molecule has 1 heterocycles. The molecule has 1 aromatic rings. The lowest BCUT2D eigenvalue weighted by molar-refractivity contribution is -0.116. The van der Waals surface area contributed by atoms with Crippen LogP contribution in [0.2, 0.25) is 0 Å². The molecule has 0 aliphatic carbocycles. The van der Waals surface area contributed by atoms with E-state index in [0.717, 1.165) is 3.79 Å². The van der Waals surface area contributed by atoms with Crippen molar-refractivity contribution >= 4 is 38.3 Å². The van der Waals surface area contributed by atoms with Crippen molar-refractivity contribution in [2.75, 3.05) is 18.9 Å². The Morgan fingerprint density at radius 3 is 3.08 bits per heavy atom. The summed E-state index contributed by atoms with van der Waals surface area (Å²) in [4.78, 5) is 15.2. The van der Waals surface area contributed by atoms with E-state index in [9.17, 15) is 4.79 Å². The van der Waals surface area contributed by atoms with E-state index < -0.39 is 0 Å². The first kappa shape index (κ1) is 10.6. The number of aromatic nitrogens is 1. The number of hydrogen-bond donors (Lipinski definition) is 2. The van der Waals surface area contributed by atoms with Crippen LogP contribution in [0.3, 0.4) is 0 Å². The normalized spacial score (nSPS) is 10.0. The molecule has 0 atom stereocenters. The van der Waals surface area contributed by atoms with Crippen LogP contribution in [0.15, 0.2) is 9.98 Å². The molecule has 0 aliphatic heterocycles. The average Bonchev–Trinajstić information content (AvgIpc) is 2.48. The van der Waals surface area contributed by atoms with Crippen molar-refractivity contribution < 1.29 is 4.79 Å². The maximum Gasteiger partial charge on any atom is 0.227 e. The Kier molecular flexibility index (Phi) is 4.34. The van der Waals surface area contributed by atoms with Crippen molar-refractivity contribution in [2.24, 2.45) is 0 Å². The van der Waals surface area contributed by atoms with Crippen LogP contribution in [0.4, 0.5) is 5.13 Å². The summed E-state index contributed by atoms with van der Waals surface area (Å²) < 4.78 is 0.913. The van der Waals surface area contributed by atoms with Crippen LogP contribution >= 0.6 is 27.3 Å². The number of hydrogen-bond acceptors (Lipinski definition) is 4. The summed E-state index contributed by atoms with van der Waals surface area (Å²) in [6, 6.07) is 0. The van der Waals surface area contributed by atoms with E-state index in [1.54, 1.807) is 6.20 Å². The van der Waals surface area contributed by atoms with Gasteiger partial charge in [-0.1, -0.05) is 11.3 Å². The van der Waals surface area contributed by atoms with Gasteiger partial charge >= 0.3 is 0 Å². The molecule has 2 N–H and O–H groups in total. The molecule has 1 rings (SSSR count). The molecule has 13 heavy (non-hydrogen) atoms. The highest BCUT2D eigenvalue weighted by Gasteiger charge is 2.04. The molecular formula is C7H10BrN3OS. The number of rotatable bonds is 4. The van der Waals surface area contributed by atoms with E-state index in [2.05, 4.69) is 31.5 Å². The van der Waals surface area contributed by atoms with Crippen LogP contribution < -0.4 is 10.6 Å². The van der Waals surface area contributed by atoms with Crippen molar-refractivity contribution in [2.45, 2.75) is 6.42 Å². The third-order valence-electron chi connectivity index (χ3n) is 1.33. The quantitative estimate of drug-likeness (QED) is 0.865. The fraction of sp³-hybridized carbons (Fsp3) is 0.429. The zero-order valence-electron chi connectivity index (χ0n) is 7.13. The van der Waals surface area contributed by atoms with Crippen LogP contribution in [0.1, 0.15) is 6.42 Å². The molecule has 0 saturated heterocycles. The van der Waals surface area contributed by atoms with Gasteiger partial charge in [-0.05, 0) is 23.0 Å². The predicted molar refractivity (Wildman–Crippen MR) is 57.0 cm³/mol. The molecule has 0 fully saturated rings. The number of anilines is 1. The van der Waals surface area contributed by atoms with E-state index in [1.807, 2.05) is 7.05 Å². The topological polar surface area (TPSA) is 54.0 Å². The van der Waals surface area contributed by atoms with Crippen molar-refractivity contribution in [3.05, 3.63) is 9.98 Å². The number of nitrogens with one attached hydrogen (secondary N) is 2. The first-order valence-electron chi connectivity index (χ1n) is 3.78. The minimum Gasteiger partial charge on any atom is -0.319 e. The second-order valence-electron chi connectivity index (χ2n) is 2.37. The largest absolute Gasteiger partial charge is 0.319 e. The number of carbonyl (C=O) groups is 1. The molecule has 1 aromatic heterocycles. The predicted octanol–water partition coefficient (Wildman–Crippen LogP) is 1.45. The number of carbonyl (C=O) groups excluding carboxylic acids is 1. The molecule has 0 aliphatic rings. The summed E-state index contributed by atoms with van der Waals surface area (Å²) in [5.41, 5.74) is 0. The second-order valence-corrected chi connectivity index (χ2v) is 4.78. The minimum atomic E-state index is -0.0174. The van der Waals surface area contributed by atoms with Gasteiger partial charge in [0, 0.05) is 13.0 Å². The molecule has 0 bridgehead atoms. The summed E-state index contributed by atoms with van der Waals surface area (Å²) >= 11 is 4.67. The zero-order valence-corrected chi connectivity index (χ0v) is 9.54. The lowest BCUT2D eigenvalue weighted by Crippen LogP contribution is -2.18. The molecule has 4 nitrogen and oxygen atoms in total. The van der Waals surface area contributed by atoms with Gasteiger partial charge in [-0.2, -0.15) is 0 Å². The van der Waals surface area contributed by atoms with Crippen LogP contribution in [-0.4, -0.2) is 24.5 Å². The molecule has 0 saturated carbocycles. The summed E-state index contributed by atoms with van der Waals surface area (Å²) in [6.07, 6.45) is 2.13. The summed E-state index contributed by atoms with van der Waals surface area (Å²) in [5.74, 6) is -0.0174. The van der Waals surface area contributed by atoms with Gasteiger partial charge in [0.1, 0.15) is 0 Å². The summed E-state index contributed by atoms with van der Waals surface area (Å²) in [5, 5.41) is 6.23. The number of amides is 1. The highest BCUT2D eigenvalue weighted by molar-refractivity contribution is 9.11. The van der Waals surface area contributed by atoms with Crippen molar-refractivity contribution in [1.29, 1.82) is 0 Å². The van der Waals surface area contributed by atoms with Gasteiger partial charge in [0.2, 0.25) is 5.91 Å². The van der Waals surface area contributed by atoms with Gasteiger partial charge in [-0.3, -0.25) is 4.79 Å². The van der Waals surface area contributed by atoms with Crippen LogP contribution in [0, 0.1) is 0 Å². The first-order chi connectivity index (χ1) is 6.22. The van der Waals surface area contributed by atoms with Crippen molar-refractivity contribution in [3.63, 3.8) is 0 Å². The monoisotopic (exact) mass is 263 g/mol. The SMILES string of the molecule is CNCCC(=O)Nc1ncc(Br)s1. The van der Waals surface area contributed by atoms with Gasteiger partial charge < -0.3 is 10.6 Å². The fourth-order valence-corrected chi connectivity index (χ4v) is 1.86. The summed E-state index contributed by atoms with van der Waals surface area (Å²) in [7, 11) is 1.81. The third kappa shape index (κ3) is 3.84. The molecule has 72 valence electrons. The van der Waals surface area contributed by atoms with Gasteiger partial charge in [0.25, 0.3) is 0 Å². The maximum atomic E-state index is 11.2. The fourth-order valence-electron chi connectivity index (χ4n) is 0.733. The highest BCUT2D eigenvalue weighted by Crippen LogP contribution is 2.22. The average molecular weight is 264 g/mol. The van der Waals surface area contributed by atoms with E-state index in [4.69, 9.17) is 0 Å². The number of nitrogens with zero attached hydrogens (tertiary/aromatic N) is 1. The van der Waals surface area contributed by atoms with Gasteiger partial charge in [-0.15, -0.1) is 0 Å². The number of thiazole rings is 1. The van der Waals surface area contributed by atoms with Crippen LogP contribution in [-0.2, 0) is 4.79 Å². The minimum absolute atomic E-state index is 0.0174. The van der Waals surface area contributed by atoms with E-state index >= 15 is 0 Å². The standard InChI is InChI=1S/C7H10BrN3OS/c1-9-3-2-6(12)11-7-10-4-5(8)13-7/h4,9H,2-3H2,1H3,(H,10,11,12). The Bertz CT molecular complexity index is 289. The van der Waals surface area contributed by atoms with Crippen molar-refractivity contribution in [1.82, 2.24) is 10.3 Å². The van der Waals surface area contributed by atoms with Gasteiger partial charge in [-0.25, -0.2) is 4.98 Å². The molecule has 6 heteroatoms. The molecule has 0 spiro atoms. The van der Waals surface area contributed by atoms with E-state index in [-0.39, 0.29) is 5.91 Å². The smallest absolute Gasteiger partial charge is 0.227 e. The molecule has 0 aromatic carbocycles. The second kappa shape index (κ2) is 5.31. The maximum absolute atomic E-state index is 11.2. The van der Waals surface area contributed by atoms with Crippen LogP contribution in [0.25, 0.3) is 0 Å². The highest BCUT2D eigenvalue weighted by atomic mass is 79.9. The van der Waals surface area contributed by atoms with Gasteiger partial charge in [0.05, 0.1) is 9.98 Å². The lowest BCUT2D eigenvalue weighted by atomic mass is 10.4. The Balaban J connectivity index is 2.36. The number of halogens is 1. The van der Waals surface area contributed by atoms with E-state index in [0.29, 0.717) is 18.1 Å². The molecule has 0 unspecified atom stereocenters. The Labute approximate surface area is 88.9 Å². The molecular weight excluding hydrogens is 254 g/mol. The summed E-state index contributed by atoms with van der Waals surface area (Å²) in [6.45, 7) is 0.679. The van der Waals surface area contributed by atoms with Crippen molar-refractivity contribution in [3.8, 4) is 0 Å². The Morgan fingerprint density at radius 1 is 1.77 bits per heavy atom. The third-order valence-corrected chi connectivity index (χ3v) is 2.72. The first-order valence-corrected chi connectivity index (χ1v) is 5.39. The van der Waals surface area contributed by atoms with Gasteiger partial charge in [0.15, 0.2) is 5.13 Å². The lowest BCUT2D eigenvalue weighted by Gasteiger charge is -1.99. The molecule has 0 radical (unpaired) electrons. The Morgan fingerprint density at radius 2 is 2.54 bits per heavy atom. The molecule has 1 amide bonds. The zero-order chi connectivity index (χ0) is 9.68. The Hall–Kier alpha value is -0.460. The van der Waals surface area contributed by atoms with Crippen LogP contribution in [0.5, 0.6) is 0 Å². The van der Waals surface area contributed by atoms with E-state index in [1.165, 1.54) is 11.3 Å².